The van der Waals surface area contributed by atoms with Gasteiger partial charge in [0.05, 0.1) is 12.0 Å². The lowest BCUT2D eigenvalue weighted by molar-refractivity contribution is -0.122. The number of nitrogens with one attached hydrogen (secondary N) is 1. The fourth-order valence-corrected chi connectivity index (χ4v) is 4.75. The monoisotopic (exact) mass is 428 g/mol. The summed E-state index contributed by atoms with van der Waals surface area (Å²) in [6.07, 6.45) is 5.80. The molecule has 2 heterocycles. The number of carbonyl (C=O) groups is 2. The first-order chi connectivity index (χ1) is 15.7. The van der Waals surface area contributed by atoms with Crippen LogP contribution in [-0.4, -0.2) is 38.6 Å². The molecule has 1 atom stereocenters. The van der Waals surface area contributed by atoms with Crippen molar-refractivity contribution in [1.29, 1.82) is 0 Å². The van der Waals surface area contributed by atoms with E-state index < -0.39 is 0 Å². The largest absolute Gasteiger partial charge is 0.326 e. The van der Waals surface area contributed by atoms with Gasteiger partial charge in [0.1, 0.15) is 0 Å². The van der Waals surface area contributed by atoms with Crippen LogP contribution in [0.15, 0.2) is 42.5 Å². The topological polar surface area (TPSA) is 93.0 Å². The molecule has 1 saturated carbocycles. The van der Waals surface area contributed by atoms with Gasteiger partial charge < -0.3 is 10.2 Å². The standard InChI is InChI=1S/C24H24N6O2/c31-22-13-18(14-29(22)21-9-6-15-2-1-3-17(15)12-21)24(32)25-19-7-4-16(5-8-19)23-26-27-28-30(23)20-10-11-20/h4-9,12,18,20H,1-3,10-11,13-14H2,(H,25,32). The summed E-state index contributed by atoms with van der Waals surface area (Å²) in [7, 11) is 0. The average molecular weight is 428 g/mol. The highest BCUT2D eigenvalue weighted by molar-refractivity contribution is 6.03. The molecule has 0 spiro atoms. The molecule has 2 aromatic carbocycles. The van der Waals surface area contributed by atoms with Gasteiger partial charge in [-0.3, -0.25) is 9.59 Å². The average Bonchev–Trinajstić information content (AvgIpc) is 3.19. The number of tetrazole rings is 1. The van der Waals surface area contributed by atoms with E-state index in [1.165, 1.54) is 17.5 Å². The molecular formula is C24H24N6O2. The van der Waals surface area contributed by atoms with Gasteiger partial charge in [0.15, 0.2) is 5.82 Å². The van der Waals surface area contributed by atoms with Gasteiger partial charge in [0.25, 0.3) is 0 Å². The molecule has 2 amide bonds. The quantitative estimate of drug-likeness (QED) is 0.674. The lowest BCUT2D eigenvalue weighted by Gasteiger charge is -2.18. The van der Waals surface area contributed by atoms with Crippen LogP contribution in [0.25, 0.3) is 11.4 Å². The number of hydrogen-bond donors (Lipinski definition) is 1. The minimum atomic E-state index is -0.363. The minimum absolute atomic E-state index is 0.00496. The second kappa shape index (κ2) is 7.55. The zero-order chi connectivity index (χ0) is 21.7. The number of nitrogens with zero attached hydrogens (tertiary/aromatic N) is 5. The van der Waals surface area contributed by atoms with Crippen molar-refractivity contribution >= 4 is 23.2 Å². The summed E-state index contributed by atoms with van der Waals surface area (Å²) in [5, 5.41) is 15.0. The number of fused-ring (bicyclic) bond motifs is 1. The Morgan fingerprint density at radius 3 is 2.66 bits per heavy atom. The Morgan fingerprint density at radius 1 is 1.03 bits per heavy atom. The molecule has 1 unspecified atom stereocenters. The molecule has 1 aromatic heterocycles. The molecule has 0 bridgehead atoms. The Hall–Kier alpha value is -3.55. The first-order valence-electron chi connectivity index (χ1n) is 11.3. The molecule has 162 valence electrons. The molecule has 6 rings (SSSR count). The van der Waals surface area contributed by atoms with Crippen molar-refractivity contribution in [3.8, 4) is 11.4 Å². The Balaban J connectivity index is 1.12. The van der Waals surface area contributed by atoms with Crippen molar-refractivity contribution in [1.82, 2.24) is 20.2 Å². The van der Waals surface area contributed by atoms with Crippen LogP contribution in [0.5, 0.6) is 0 Å². The predicted octanol–water partition coefficient (Wildman–Crippen LogP) is 3.16. The van der Waals surface area contributed by atoms with Crippen LogP contribution in [0.4, 0.5) is 11.4 Å². The van der Waals surface area contributed by atoms with Crippen LogP contribution in [-0.2, 0) is 22.4 Å². The van der Waals surface area contributed by atoms with E-state index in [1.807, 2.05) is 35.0 Å². The van der Waals surface area contributed by atoms with E-state index in [0.717, 1.165) is 42.8 Å². The van der Waals surface area contributed by atoms with Gasteiger partial charge in [0.2, 0.25) is 11.8 Å². The van der Waals surface area contributed by atoms with E-state index in [9.17, 15) is 9.59 Å². The number of benzene rings is 2. The molecule has 8 heteroatoms. The molecule has 1 aliphatic heterocycles. The Kier molecular flexibility index (Phi) is 4.52. The van der Waals surface area contributed by atoms with Crippen LogP contribution in [0.2, 0.25) is 0 Å². The number of hydrogen-bond acceptors (Lipinski definition) is 5. The summed E-state index contributed by atoms with van der Waals surface area (Å²) in [6.45, 7) is 0.414. The number of aryl methyl sites for hydroxylation is 2. The van der Waals surface area contributed by atoms with Gasteiger partial charge in [-0.2, -0.15) is 0 Å². The molecule has 3 aliphatic rings. The maximum atomic E-state index is 12.9. The summed E-state index contributed by atoms with van der Waals surface area (Å²) < 4.78 is 1.87. The van der Waals surface area contributed by atoms with Gasteiger partial charge in [-0.25, -0.2) is 4.68 Å². The zero-order valence-corrected chi connectivity index (χ0v) is 17.7. The summed E-state index contributed by atoms with van der Waals surface area (Å²) in [5.74, 6) is 0.261. The maximum absolute atomic E-state index is 12.9. The Labute approximate surface area is 185 Å². The lowest BCUT2D eigenvalue weighted by Crippen LogP contribution is -2.28. The predicted molar refractivity (Wildman–Crippen MR) is 119 cm³/mol. The van der Waals surface area contributed by atoms with Crippen molar-refractivity contribution in [2.45, 2.75) is 44.6 Å². The smallest absolute Gasteiger partial charge is 0.229 e. The normalized spacial score (nSPS) is 19.9. The molecule has 0 radical (unpaired) electrons. The number of aromatic nitrogens is 4. The van der Waals surface area contributed by atoms with Crippen LogP contribution >= 0.6 is 0 Å². The molecule has 2 aliphatic carbocycles. The maximum Gasteiger partial charge on any atom is 0.229 e. The van der Waals surface area contributed by atoms with E-state index in [-0.39, 0.29) is 24.2 Å². The summed E-state index contributed by atoms with van der Waals surface area (Å²) >= 11 is 0. The molecule has 1 N–H and O–H groups in total. The van der Waals surface area contributed by atoms with Crippen molar-refractivity contribution < 1.29 is 9.59 Å². The zero-order valence-electron chi connectivity index (χ0n) is 17.7. The first-order valence-corrected chi connectivity index (χ1v) is 11.3. The van der Waals surface area contributed by atoms with Crippen molar-refractivity contribution in [2.24, 2.45) is 5.92 Å². The number of carbonyl (C=O) groups excluding carboxylic acids is 2. The molecule has 3 aromatic rings. The number of amides is 2. The van der Waals surface area contributed by atoms with Crippen LogP contribution in [0, 0.1) is 5.92 Å². The van der Waals surface area contributed by atoms with Gasteiger partial charge in [0, 0.05) is 29.9 Å². The van der Waals surface area contributed by atoms with Gasteiger partial charge >= 0.3 is 0 Å². The molecule has 32 heavy (non-hydrogen) atoms. The summed E-state index contributed by atoms with van der Waals surface area (Å²) in [6, 6.07) is 14.2. The fraction of sp³-hybridized carbons (Fsp3) is 0.375. The van der Waals surface area contributed by atoms with E-state index in [1.54, 1.807) is 4.90 Å². The van der Waals surface area contributed by atoms with Crippen LogP contribution in [0.3, 0.4) is 0 Å². The highest BCUT2D eigenvalue weighted by Crippen LogP contribution is 2.36. The molecular weight excluding hydrogens is 404 g/mol. The van der Waals surface area contributed by atoms with Gasteiger partial charge in [-0.05, 0) is 90.1 Å². The Bertz CT molecular complexity index is 1200. The summed E-state index contributed by atoms with van der Waals surface area (Å²) in [4.78, 5) is 27.3. The molecule has 2 fully saturated rings. The van der Waals surface area contributed by atoms with E-state index in [2.05, 4.69) is 33.0 Å². The van der Waals surface area contributed by atoms with Crippen LogP contribution < -0.4 is 10.2 Å². The second-order valence-corrected chi connectivity index (χ2v) is 8.96. The highest BCUT2D eigenvalue weighted by atomic mass is 16.2. The minimum Gasteiger partial charge on any atom is -0.326 e. The third-order valence-corrected chi connectivity index (χ3v) is 6.69. The van der Waals surface area contributed by atoms with Crippen molar-refractivity contribution in [2.75, 3.05) is 16.8 Å². The lowest BCUT2D eigenvalue weighted by atomic mass is 10.1. The fourth-order valence-electron chi connectivity index (χ4n) is 4.75. The van der Waals surface area contributed by atoms with Gasteiger partial charge in [-0.1, -0.05) is 6.07 Å². The van der Waals surface area contributed by atoms with Gasteiger partial charge in [-0.15, -0.1) is 5.10 Å². The van der Waals surface area contributed by atoms with Crippen molar-refractivity contribution in [3.05, 3.63) is 53.6 Å². The second-order valence-electron chi connectivity index (χ2n) is 8.96. The number of anilines is 2. The molecule has 8 nitrogen and oxygen atoms in total. The SMILES string of the molecule is O=C(Nc1ccc(-c2nnnn2C2CC2)cc1)C1CC(=O)N(c2ccc3c(c2)CCC3)C1. The number of rotatable bonds is 5. The summed E-state index contributed by atoms with van der Waals surface area (Å²) in [5.41, 5.74) is 5.23. The van der Waals surface area contributed by atoms with Crippen LogP contribution in [0.1, 0.15) is 42.9 Å². The molecule has 1 saturated heterocycles. The first kappa shape index (κ1) is 19.2. The highest BCUT2D eigenvalue weighted by Gasteiger charge is 2.35. The van der Waals surface area contributed by atoms with E-state index >= 15 is 0 Å². The third kappa shape index (κ3) is 3.45. The Morgan fingerprint density at radius 2 is 1.84 bits per heavy atom. The van der Waals surface area contributed by atoms with E-state index in [0.29, 0.717) is 18.3 Å². The van der Waals surface area contributed by atoms with Crippen molar-refractivity contribution in [3.63, 3.8) is 0 Å². The van der Waals surface area contributed by atoms with E-state index in [4.69, 9.17) is 0 Å². The third-order valence-electron chi connectivity index (χ3n) is 6.69.